The molecule has 0 atom stereocenters. The van der Waals surface area contributed by atoms with Crippen LogP contribution in [0.15, 0.2) is 65.5 Å². The molecule has 9 heteroatoms. The number of aliphatic hydroxyl groups excluding tert-OH is 1. The number of halogens is 4. The third-order valence-corrected chi connectivity index (χ3v) is 7.91. The molecule has 1 aliphatic rings. The minimum absolute atomic E-state index is 0.0742. The van der Waals surface area contributed by atoms with Crippen LogP contribution < -0.4 is 5.69 Å². The Labute approximate surface area is 243 Å². The smallest absolute Gasteiger partial charge is 0.326 e. The van der Waals surface area contributed by atoms with Gasteiger partial charge in [0, 0.05) is 31.2 Å². The number of benzene rings is 3. The number of rotatable bonds is 7. The Morgan fingerprint density at radius 2 is 1.43 bits per heavy atom. The maximum Gasteiger partial charge on any atom is 0.326 e. The van der Waals surface area contributed by atoms with Crippen molar-refractivity contribution in [1.82, 2.24) is 14.5 Å². The van der Waals surface area contributed by atoms with Crippen molar-refractivity contribution in [2.75, 3.05) is 19.6 Å². The van der Waals surface area contributed by atoms with Crippen LogP contribution in [0.3, 0.4) is 0 Å². The summed E-state index contributed by atoms with van der Waals surface area (Å²) in [5, 5.41) is 8.91. The van der Waals surface area contributed by atoms with E-state index in [1.165, 1.54) is 24.3 Å². The second-order valence-corrected chi connectivity index (χ2v) is 11.4. The summed E-state index contributed by atoms with van der Waals surface area (Å²) in [7, 11) is 0. The first-order valence-electron chi connectivity index (χ1n) is 13.6. The quantitative estimate of drug-likeness (QED) is 0.234. The van der Waals surface area contributed by atoms with Gasteiger partial charge in [0.15, 0.2) is 0 Å². The summed E-state index contributed by atoms with van der Waals surface area (Å²) in [6.07, 6.45) is 3.39. The molecule has 1 aliphatic heterocycles. The summed E-state index contributed by atoms with van der Waals surface area (Å²) in [6.45, 7) is 6.15. The molecular weight excluding hydrogens is 555 g/mol. The molecule has 5 nitrogen and oxygen atoms in total. The highest BCUT2D eigenvalue weighted by Crippen LogP contribution is 2.32. The third kappa shape index (κ3) is 7.72. The van der Waals surface area contributed by atoms with Gasteiger partial charge in [-0.05, 0) is 93.6 Å². The van der Waals surface area contributed by atoms with E-state index in [1.54, 1.807) is 26.0 Å². The molecule has 0 amide bonds. The summed E-state index contributed by atoms with van der Waals surface area (Å²) in [4.78, 5) is 18.0. The van der Waals surface area contributed by atoms with Gasteiger partial charge >= 0.3 is 5.69 Å². The topological polar surface area (TPSA) is 61.3 Å². The predicted octanol–water partition coefficient (Wildman–Crippen LogP) is 7.55. The molecule has 0 saturated carbocycles. The van der Waals surface area contributed by atoms with Gasteiger partial charge in [-0.25, -0.2) is 13.6 Å². The van der Waals surface area contributed by atoms with Crippen LogP contribution in [0, 0.1) is 11.6 Å². The van der Waals surface area contributed by atoms with E-state index in [0.29, 0.717) is 15.6 Å². The first-order valence-corrected chi connectivity index (χ1v) is 14.4. The van der Waals surface area contributed by atoms with E-state index < -0.39 is 0 Å². The Hall–Kier alpha value is -2.71. The standard InChI is InChI=1S/C28H27Cl2F2N3O.C3H8O/c29-24-16-26-27(17-25(24)30)35(28(36)33-26)22-11-14-34(15-12-22)13-1-2-23(18-3-7-20(31)8-4-18)19-5-9-21(32)10-6-19;1-3(2)4/h3-10,16-17,22-23H,1-2,11-15H2,(H,33,36);3-4H,1-2H3. The molecule has 0 spiro atoms. The van der Waals surface area contributed by atoms with Crippen molar-refractivity contribution >= 4 is 34.2 Å². The van der Waals surface area contributed by atoms with Crippen molar-refractivity contribution in [3.8, 4) is 0 Å². The van der Waals surface area contributed by atoms with Crippen LogP contribution in [0.4, 0.5) is 8.78 Å². The minimum Gasteiger partial charge on any atom is -0.394 e. The number of aromatic nitrogens is 2. The Morgan fingerprint density at radius 1 is 0.925 bits per heavy atom. The molecular formula is C31H35Cl2F2N3O2. The number of imidazole rings is 1. The maximum atomic E-state index is 13.5. The van der Waals surface area contributed by atoms with Gasteiger partial charge in [0.05, 0.1) is 21.1 Å². The summed E-state index contributed by atoms with van der Waals surface area (Å²) >= 11 is 12.3. The van der Waals surface area contributed by atoms with E-state index in [9.17, 15) is 13.6 Å². The first kappa shape index (κ1) is 30.3. The van der Waals surface area contributed by atoms with Gasteiger partial charge in [-0.1, -0.05) is 47.5 Å². The fourth-order valence-electron chi connectivity index (χ4n) is 5.32. The molecule has 0 radical (unpaired) electrons. The highest BCUT2D eigenvalue weighted by molar-refractivity contribution is 6.42. The molecule has 40 heavy (non-hydrogen) atoms. The normalized spacial score (nSPS) is 14.6. The van der Waals surface area contributed by atoms with Crippen LogP contribution in [0.25, 0.3) is 11.0 Å². The van der Waals surface area contributed by atoms with Crippen LogP contribution >= 0.6 is 23.2 Å². The predicted molar refractivity (Wildman–Crippen MR) is 159 cm³/mol. The van der Waals surface area contributed by atoms with E-state index in [2.05, 4.69) is 9.88 Å². The number of H-pyrrole nitrogens is 1. The second-order valence-electron chi connectivity index (χ2n) is 10.5. The SMILES string of the molecule is CC(C)O.O=c1[nH]c2cc(Cl)c(Cl)cc2n1C1CCN(CCCC(c2ccc(F)cc2)c2ccc(F)cc2)CC1. The largest absolute Gasteiger partial charge is 0.394 e. The van der Waals surface area contributed by atoms with Gasteiger partial charge in [0.1, 0.15) is 11.6 Å². The molecule has 1 aromatic heterocycles. The van der Waals surface area contributed by atoms with Gasteiger partial charge in [-0.3, -0.25) is 4.57 Å². The zero-order valence-electron chi connectivity index (χ0n) is 22.7. The second kappa shape index (κ2) is 13.8. The molecule has 214 valence electrons. The van der Waals surface area contributed by atoms with Crippen molar-refractivity contribution in [1.29, 1.82) is 0 Å². The number of aliphatic hydroxyl groups is 1. The summed E-state index contributed by atoms with van der Waals surface area (Å²) in [6, 6.07) is 16.7. The van der Waals surface area contributed by atoms with E-state index in [4.69, 9.17) is 28.3 Å². The Morgan fingerprint density at radius 3 is 1.95 bits per heavy atom. The van der Waals surface area contributed by atoms with Crippen molar-refractivity contribution in [2.24, 2.45) is 0 Å². The molecule has 1 fully saturated rings. The molecule has 2 N–H and O–H groups in total. The number of nitrogens with one attached hydrogen (secondary N) is 1. The van der Waals surface area contributed by atoms with E-state index >= 15 is 0 Å². The van der Waals surface area contributed by atoms with Gasteiger partial charge in [0.2, 0.25) is 0 Å². The number of piperidine rings is 1. The number of likely N-dealkylation sites (tertiary alicyclic amines) is 1. The minimum atomic E-state index is -0.265. The van der Waals surface area contributed by atoms with Crippen LogP contribution in [0.1, 0.15) is 62.6 Å². The first-order chi connectivity index (χ1) is 19.1. The van der Waals surface area contributed by atoms with Crippen LogP contribution in [0.5, 0.6) is 0 Å². The molecule has 3 aromatic carbocycles. The molecule has 0 bridgehead atoms. The molecule has 0 unspecified atom stereocenters. The Bertz CT molecular complexity index is 1400. The molecule has 5 rings (SSSR count). The van der Waals surface area contributed by atoms with Crippen molar-refractivity contribution < 1.29 is 13.9 Å². The number of hydrogen-bond donors (Lipinski definition) is 2. The molecule has 0 aliphatic carbocycles. The van der Waals surface area contributed by atoms with Gasteiger partial charge < -0.3 is 15.0 Å². The summed E-state index contributed by atoms with van der Waals surface area (Å²) < 4.78 is 28.8. The fourth-order valence-corrected chi connectivity index (χ4v) is 5.64. The number of hydrogen-bond acceptors (Lipinski definition) is 3. The lowest BCUT2D eigenvalue weighted by molar-refractivity contribution is 0.183. The van der Waals surface area contributed by atoms with E-state index in [-0.39, 0.29) is 35.4 Å². The zero-order valence-corrected chi connectivity index (χ0v) is 24.2. The van der Waals surface area contributed by atoms with E-state index in [0.717, 1.165) is 62.0 Å². The average Bonchev–Trinajstić information content (AvgIpc) is 3.22. The average molecular weight is 591 g/mol. The van der Waals surface area contributed by atoms with Crippen LogP contribution in [-0.2, 0) is 0 Å². The lowest BCUT2D eigenvalue weighted by atomic mass is 9.87. The lowest BCUT2D eigenvalue weighted by Crippen LogP contribution is -2.37. The van der Waals surface area contributed by atoms with Gasteiger partial charge in [-0.2, -0.15) is 0 Å². The van der Waals surface area contributed by atoms with Gasteiger partial charge in [0.25, 0.3) is 0 Å². The summed E-state index contributed by atoms with van der Waals surface area (Å²) in [5.74, 6) is -0.455. The van der Waals surface area contributed by atoms with Crippen molar-refractivity contribution in [3.05, 3.63) is 104 Å². The molecule has 1 saturated heterocycles. The third-order valence-electron chi connectivity index (χ3n) is 7.19. The highest BCUT2D eigenvalue weighted by Gasteiger charge is 2.24. The fraction of sp³-hybridized carbons (Fsp3) is 0.387. The van der Waals surface area contributed by atoms with E-state index in [1.807, 2.05) is 28.8 Å². The number of aromatic amines is 1. The van der Waals surface area contributed by atoms with Crippen molar-refractivity contribution in [2.45, 2.75) is 57.6 Å². The lowest BCUT2D eigenvalue weighted by Gasteiger charge is -2.33. The zero-order chi connectivity index (χ0) is 28.8. The number of nitrogens with zero attached hydrogens (tertiary/aromatic N) is 2. The Kier molecular flexibility index (Phi) is 10.4. The monoisotopic (exact) mass is 589 g/mol. The van der Waals surface area contributed by atoms with Crippen molar-refractivity contribution in [3.63, 3.8) is 0 Å². The maximum absolute atomic E-state index is 13.5. The van der Waals surface area contributed by atoms with Crippen LogP contribution in [-0.4, -0.2) is 45.3 Å². The molecule has 2 heterocycles. The Balaban J connectivity index is 0.000000867. The summed E-state index contributed by atoms with van der Waals surface area (Å²) in [5.41, 5.74) is 3.40. The molecule has 4 aromatic rings. The highest BCUT2D eigenvalue weighted by atomic mass is 35.5. The van der Waals surface area contributed by atoms with Crippen LogP contribution in [0.2, 0.25) is 10.0 Å². The number of fused-ring (bicyclic) bond motifs is 1. The van der Waals surface area contributed by atoms with Gasteiger partial charge in [-0.15, -0.1) is 0 Å².